The van der Waals surface area contributed by atoms with Gasteiger partial charge in [-0.25, -0.2) is 0 Å². The van der Waals surface area contributed by atoms with Crippen LogP contribution in [0, 0.1) is 6.92 Å². The van der Waals surface area contributed by atoms with E-state index < -0.39 is 0 Å². The zero-order chi connectivity index (χ0) is 19.8. The molecule has 3 heterocycles. The number of aromatic nitrogens is 2. The van der Waals surface area contributed by atoms with Crippen LogP contribution in [-0.4, -0.2) is 25.6 Å². The molecular formula is C24H26N4S. The lowest BCUT2D eigenvalue weighted by atomic mass is 9.99. The van der Waals surface area contributed by atoms with E-state index in [1.54, 1.807) is 0 Å². The molecule has 4 nitrogen and oxygen atoms in total. The number of hydrogen-bond acceptors (Lipinski definition) is 2. The van der Waals surface area contributed by atoms with Gasteiger partial charge in [-0.15, -0.1) is 0 Å². The van der Waals surface area contributed by atoms with Crippen molar-refractivity contribution >= 4 is 17.3 Å². The Kier molecular flexibility index (Phi) is 4.84. The zero-order valence-corrected chi connectivity index (χ0v) is 17.5. The van der Waals surface area contributed by atoms with E-state index in [-0.39, 0.29) is 12.1 Å². The van der Waals surface area contributed by atoms with Crippen molar-refractivity contribution in [3.8, 4) is 5.69 Å². The first-order chi connectivity index (χ1) is 14.2. The Morgan fingerprint density at radius 1 is 1.00 bits per heavy atom. The van der Waals surface area contributed by atoms with Crippen LogP contribution in [0.4, 0.5) is 0 Å². The van der Waals surface area contributed by atoms with Gasteiger partial charge >= 0.3 is 0 Å². The summed E-state index contributed by atoms with van der Waals surface area (Å²) in [6.07, 6.45) is 9.00. The lowest BCUT2D eigenvalue weighted by molar-refractivity contribution is 0.239. The molecule has 0 radical (unpaired) electrons. The summed E-state index contributed by atoms with van der Waals surface area (Å²) in [6.45, 7) is 2.12. The summed E-state index contributed by atoms with van der Waals surface area (Å²) in [6, 6.07) is 19.9. The molecule has 1 aromatic carbocycles. The van der Waals surface area contributed by atoms with Crippen molar-refractivity contribution < 1.29 is 0 Å². The highest BCUT2D eigenvalue weighted by atomic mass is 32.1. The van der Waals surface area contributed by atoms with E-state index in [4.69, 9.17) is 12.2 Å². The number of aryl methyl sites for hydroxylation is 1. The average molecular weight is 403 g/mol. The van der Waals surface area contributed by atoms with Gasteiger partial charge in [0, 0.05) is 29.8 Å². The van der Waals surface area contributed by atoms with Crippen LogP contribution in [0.3, 0.4) is 0 Å². The normalized spacial score (nSPS) is 22.2. The van der Waals surface area contributed by atoms with Gasteiger partial charge in [0.2, 0.25) is 0 Å². The monoisotopic (exact) mass is 402 g/mol. The van der Waals surface area contributed by atoms with E-state index in [9.17, 15) is 0 Å². The highest BCUT2D eigenvalue weighted by Crippen LogP contribution is 2.43. The summed E-state index contributed by atoms with van der Waals surface area (Å²) in [7, 11) is 0. The molecule has 2 aromatic heterocycles. The van der Waals surface area contributed by atoms with Gasteiger partial charge in [-0.3, -0.25) is 4.98 Å². The van der Waals surface area contributed by atoms with Gasteiger partial charge in [0.1, 0.15) is 0 Å². The molecule has 3 aromatic rings. The fraction of sp³-hybridized carbons (Fsp3) is 0.333. The molecule has 0 amide bonds. The third-order valence-electron chi connectivity index (χ3n) is 6.25. The predicted molar refractivity (Wildman–Crippen MR) is 120 cm³/mol. The molecule has 2 aliphatic rings. The van der Waals surface area contributed by atoms with E-state index in [0.717, 1.165) is 10.8 Å². The molecule has 5 heteroatoms. The SMILES string of the molecule is Cc1ccc(-n2cccc2[C@H]2[C@@H](c3ccccn3)NC(=S)N2C2CCCC2)cc1. The van der Waals surface area contributed by atoms with Crippen molar-refractivity contribution in [2.75, 3.05) is 0 Å². The minimum atomic E-state index is 0.0448. The third kappa shape index (κ3) is 3.33. The van der Waals surface area contributed by atoms with Crippen LogP contribution in [0.25, 0.3) is 5.69 Å². The highest BCUT2D eigenvalue weighted by molar-refractivity contribution is 7.80. The Labute approximate surface area is 177 Å². The maximum Gasteiger partial charge on any atom is 0.170 e. The summed E-state index contributed by atoms with van der Waals surface area (Å²) in [5.74, 6) is 0. The van der Waals surface area contributed by atoms with Crippen molar-refractivity contribution in [2.24, 2.45) is 0 Å². The lowest BCUT2D eigenvalue weighted by Crippen LogP contribution is -2.38. The second-order valence-corrected chi connectivity index (χ2v) is 8.50. The quantitative estimate of drug-likeness (QED) is 0.616. The largest absolute Gasteiger partial charge is 0.352 e. The van der Waals surface area contributed by atoms with Crippen LogP contribution in [0.1, 0.15) is 54.7 Å². The molecule has 29 heavy (non-hydrogen) atoms. The van der Waals surface area contributed by atoms with Gasteiger partial charge in [-0.2, -0.15) is 0 Å². The minimum Gasteiger partial charge on any atom is -0.352 e. The topological polar surface area (TPSA) is 33.1 Å². The number of thiocarbonyl (C=S) groups is 1. The van der Waals surface area contributed by atoms with Gasteiger partial charge < -0.3 is 14.8 Å². The maximum absolute atomic E-state index is 5.86. The van der Waals surface area contributed by atoms with Crippen molar-refractivity contribution in [3.63, 3.8) is 0 Å². The predicted octanol–water partition coefficient (Wildman–Crippen LogP) is 5.10. The second-order valence-electron chi connectivity index (χ2n) is 8.11. The Hall–Kier alpha value is -2.66. The Morgan fingerprint density at radius 2 is 1.79 bits per heavy atom. The number of benzene rings is 1. The minimum absolute atomic E-state index is 0.0448. The summed E-state index contributed by atoms with van der Waals surface area (Å²) in [4.78, 5) is 7.13. The third-order valence-corrected chi connectivity index (χ3v) is 6.58. The molecule has 1 saturated heterocycles. The van der Waals surface area contributed by atoms with E-state index in [0.29, 0.717) is 6.04 Å². The van der Waals surface area contributed by atoms with Gasteiger partial charge in [0.15, 0.2) is 5.11 Å². The number of nitrogens with one attached hydrogen (secondary N) is 1. The summed E-state index contributed by atoms with van der Waals surface area (Å²) in [5.41, 5.74) is 4.74. The summed E-state index contributed by atoms with van der Waals surface area (Å²) >= 11 is 5.86. The van der Waals surface area contributed by atoms with Crippen molar-refractivity contribution in [3.05, 3.63) is 83.9 Å². The Morgan fingerprint density at radius 3 is 2.52 bits per heavy atom. The molecule has 1 aliphatic carbocycles. The van der Waals surface area contributed by atoms with E-state index in [1.807, 2.05) is 12.3 Å². The molecule has 1 N–H and O–H groups in total. The molecular weight excluding hydrogens is 376 g/mol. The zero-order valence-electron chi connectivity index (χ0n) is 16.7. The summed E-state index contributed by atoms with van der Waals surface area (Å²) < 4.78 is 2.30. The highest BCUT2D eigenvalue weighted by Gasteiger charge is 2.44. The number of nitrogens with zero attached hydrogens (tertiary/aromatic N) is 3. The van der Waals surface area contributed by atoms with Gasteiger partial charge in [-0.05, 0) is 68.4 Å². The van der Waals surface area contributed by atoms with Crippen molar-refractivity contribution in [1.29, 1.82) is 0 Å². The fourth-order valence-electron chi connectivity index (χ4n) is 4.83. The van der Waals surface area contributed by atoms with Crippen LogP contribution < -0.4 is 5.32 Å². The molecule has 1 aliphatic heterocycles. The smallest absolute Gasteiger partial charge is 0.170 e. The molecule has 0 bridgehead atoms. The van der Waals surface area contributed by atoms with Crippen LogP contribution in [-0.2, 0) is 0 Å². The molecule has 148 valence electrons. The number of pyridine rings is 1. The van der Waals surface area contributed by atoms with Gasteiger partial charge in [0.05, 0.1) is 17.8 Å². The average Bonchev–Trinajstić information content (AvgIpc) is 3.48. The summed E-state index contributed by atoms with van der Waals surface area (Å²) in [5, 5.41) is 4.46. The number of rotatable bonds is 4. The Balaban J connectivity index is 1.61. The van der Waals surface area contributed by atoms with Crippen LogP contribution in [0.5, 0.6) is 0 Å². The molecule has 5 rings (SSSR count). The van der Waals surface area contributed by atoms with E-state index in [1.165, 1.54) is 42.6 Å². The first-order valence-electron chi connectivity index (χ1n) is 10.5. The van der Waals surface area contributed by atoms with Crippen LogP contribution in [0.2, 0.25) is 0 Å². The second kappa shape index (κ2) is 7.64. The lowest BCUT2D eigenvalue weighted by Gasteiger charge is -2.33. The number of hydrogen-bond donors (Lipinski definition) is 1. The first-order valence-corrected chi connectivity index (χ1v) is 10.9. The maximum atomic E-state index is 5.86. The molecule has 0 unspecified atom stereocenters. The molecule has 2 atom stereocenters. The Bertz CT molecular complexity index is 989. The van der Waals surface area contributed by atoms with Crippen LogP contribution in [0.15, 0.2) is 67.0 Å². The molecule has 0 spiro atoms. The fourth-order valence-corrected chi connectivity index (χ4v) is 5.22. The van der Waals surface area contributed by atoms with Crippen molar-refractivity contribution in [2.45, 2.75) is 50.7 Å². The van der Waals surface area contributed by atoms with Gasteiger partial charge in [-0.1, -0.05) is 36.6 Å². The first kappa shape index (κ1) is 18.4. The van der Waals surface area contributed by atoms with Crippen molar-refractivity contribution in [1.82, 2.24) is 19.8 Å². The molecule has 2 fully saturated rings. The van der Waals surface area contributed by atoms with Gasteiger partial charge in [0.25, 0.3) is 0 Å². The van der Waals surface area contributed by atoms with E-state index >= 15 is 0 Å². The van der Waals surface area contributed by atoms with Crippen LogP contribution >= 0.6 is 12.2 Å². The molecule has 1 saturated carbocycles. The van der Waals surface area contributed by atoms with E-state index in [2.05, 4.69) is 81.4 Å². The standard InChI is InChI=1S/C24H26N4S/c1-17-11-13-18(14-12-17)27-16-6-10-21(27)23-22(20-9-4-5-15-25-20)26-24(29)28(23)19-7-2-3-8-19/h4-6,9-16,19,22-23H,2-3,7-8H2,1H3,(H,26,29)/t22-,23+/m1/s1.